The molecule has 3 aromatic heterocycles. The third-order valence-electron chi connectivity index (χ3n) is 2.45. The van der Waals surface area contributed by atoms with Gasteiger partial charge in [-0.1, -0.05) is 11.3 Å². The lowest BCUT2D eigenvalue weighted by atomic mass is 10.3. The molecule has 0 saturated heterocycles. The SMILES string of the molecule is O=[N+]([O-])c1c(NCc2ccsc2)nc2sccn12. The molecule has 6 nitrogen and oxygen atoms in total. The summed E-state index contributed by atoms with van der Waals surface area (Å²) in [5.41, 5.74) is 1.09. The van der Waals surface area contributed by atoms with Crippen molar-refractivity contribution < 1.29 is 4.92 Å². The molecule has 0 saturated carbocycles. The van der Waals surface area contributed by atoms with Gasteiger partial charge in [0.1, 0.15) is 6.20 Å². The number of hydrogen-bond acceptors (Lipinski definition) is 6. The number of thiophene rings is 1. The summed E-state index contributed by atoms with van der Waals surface area (Å²) in [5.74, 6) is 0.305. The summed E-state index contributed by atoms with van der Waals surface area (Å²) >= 11 is 2.97. The lowest BCUT2D eigenvalue weighted by molar-refractivity contribution is -0.389. The maximum absolute atomic E-state index is 11.1. The number of imidazole rings is 1. The Morgan fingerprint density at radius 3 is 3.11 bits per heavy atom. The monoisotopic (exact) mass is 280 g/mol. The number of nitro groups is 1. The van der Waals surface area contributed by atoms with Gasteiger partial charge in [-0.3, -0.25) is 0 Å². The summed E-state index contributed by atoms with van der Waals surface area (Å²) < 4.78 is 1.49. The summed E-state index contributed by atoms with van der Waals surface area (Å²) in [4.78, 5) is 15.5. The first-order chi connectivity index (χ1) is 8.75. The largest absolute Gasteiger partial charge is 0.372 e. The van der Waals surface area contributed by atoms with Gasteiger partial charge in [0.2, 0.25) is 5.82 Å². The normalized spacial score (nSPS) is 10.9. The zero-order chi connectivity index (χ0) is 12.5. The highest BCUT2D eigenvalue weighted by Crippen LogP contribution is 2.28. The van der Waals surface area contributed by atoms with Crippen molar-refractivity contribution in [1.29, 1.82) is 0 Å². The average Bonchev–Trinajstić information content (AvgIpc) is 3.01. The van der Waals surface area contributed by atoms with Gasteiger partial charge in [0.05, 0.1) is 0 Å². The second kappa shape index (κ2) is 4.39. The van der Waals surface area contributed by atoms with Crippen LogP contribution in [0.1, 0.15) is 5.56 Å². The Bertz CT molecular complexity index is 686. The van der Waals surface area contributed by atoms with Crippen LogP contribution in [0.2, 0.25) is 0 Å². The quantitative estimate of drug-likeness (QED) is 0.589. The summed E-state index contributed by atoms with van der Waals surface area (Å²) in [6.45, 7) is 0.537. The molecule has 18 heavy (non-hydrogen) atoms. The number of hydrogen-bond donors (Lipinski definition) is 1. The second-order valence-corrected chi connectivity index (χ2v) is 5.23. The fraction of sp³-hybridized carbons (Fsp3) is 0.100. The molecule has 0 fully saturated rings. The minimum atomic E-state index is -0.414. The zero-order valence-electron chi connectivity index (χ0n) is 9.07. The van der Waals surface area contributed by atoms with Crippen LogP contribution in [0.25, 0.3) is 4.96 Å². The molecule has 8 heteroatoms. The number of nitrogens with zero attached hydrogens (tertiary/aromatic N) is 3. The smallest absolute Gasteiger partial charge is 0.359 e. The van der Waals surface area contributed by atoms with E-state index in [-0.39, 0.29) is 5.82 Å². The van der Waals surface area contributed by atoms with Crippen molar-refractivity contribution >= 4 is 39.3 Å². The van der Waals surface area contributed by atoms with Gasteiger partial charge in [0, 0.05) is 11.9 Å². The third-order valence-corrected chi connectivity index (χ3v) is 3.94. The van der Waals surface area contributed by atoms with Crippen molar-refractivity contribution in [3.8, 4) is 0 Å². The molecule has 0 spiro atoms. The van der Waals surface area contributed by atoms with Crippen molar-refractivity contribution in [1.82, 2.24) is 9.38 Å². The number of anilines is 1. The molecule has 92 valence electrons. The van der Waals surface area contributed by atoms with E-state index in [4.69, 9.17) is 0 Å². The van der Waals surface area contributed by atoms with Gasteiger partial charge in [-0.2, -0.15) is 20.7 Å². The van der Waals surface area contributed by atoms with Gasteiger partial charge >= 0.3 is 5.82 Å². The summed E-state index contributed by atoms with van der Waals surface area (Å²) in [6.07, 6.45) is 1.65. The Kier molecular flexibility index (Phi) is 2.73. The van der Waals surface area contributed by atoms with Gasteiger partial charge in [-0.25, -0.2) is 0 Å². The number of thiazole rings is 1. The van der Waals surface area contributed by atoms with Crippen molar-refractivity contribution in [2.75, 3.05) is 5.32 Å². The molecule has 0 amide bonds. The highest BCUT2D eigenvalue weighted by Gasteiger charge is 2.23. The first-order valence-corrected chi connectivity index (χ1v) is 6.93. The van der Waals surface area contributed by atoms with Crippen LogP contribution >= 0.6 is 22.7 Å². The number of fused-ring (bicyclic) bond motifs is 1. The van der Waals surface area contributed by atoms with Crippen molar-refractivity contribution in [2.24, 2.45) is 0 Å². The van der Waals surface area contributed by atoms with Crippen LogP contribution in [-0.2, 0) is 6.54 Å². The highest BCUT2D eigenvalue weighted by atomic mass is 32.1. The van der Waals surface area contributed by atoms with Crippen molar-refractivity contribution in [3.05, 3.63) is 44.1 Å². The summed E-state index contributed by atoms with van der Waals surface area (Å²) in [7, 11) is 0. The van der Waals surface area contributed by atoms with E-state index < -0.39 is 4.92 Å². The van der Waals surface area contributed by atoms with Crippen molar-refractivity contribution in [2.45, 2.75) is 6.54 Å². The van der Waals surface area contributed by atoms with Crippen LogP contribution in [0, 0.1) is 10.1 Å². The minimum absolute atomic E-state index is 0.0125. The topological polar surface area (TPSA) is 72.5 Å². The molecule has 0 bridgehead atoms. The maximum Gasteiger partial charge on any atom is 0.372 e. The van der Waals surface area contributed by atoms with Crippen LogP contribution in [0.15, 0.2) is 28.4 Å². The Morgan fingerprint density at radius 2 is 2.39 bits per heavy atom. The Morgan fingerprint density at radius 1 is 1.50 bits per heavy atom. The van der Waals surface area contributed by atoms with Crippen LogP contribution in [-0.4, -0.2) is 14.3 Å². The lowest BCUT2D eigenvalue weighted by Crippen LogP contribution is -2.02. The Labute approximate surface area is 110 Å². The summed E-state index contributed by atoms with van der Waals surface area (Å²) in [6, 6.07) is 1.97. The molecule has 0 atom stereocenters. The van der Waals surface area contributed by atoms with E-state index in [0.29, 0.717) is 17.3 Å². The minimum Gasteiger partial charge on any atom is -0.359 e. The zero-order valence-corrected chi connectivity index (χ0v) is 10.7. The Hall–Kier alpha value is -1.93. The maximum atomic E-state index is 11.1. The third kappa shape index (κ3) is 1.85. The molecule has 0 unspecified atom stereocenters. The number of aromatic nitrogens is 2. The molecule has 3 aromatic rings. The van der Waals surface area contributed by atoms with Crippen LogP contribution in [0.5, 0.6) is 0 Å². The van der Waals surface area contributed by atoms with Gasteiger partial charge < -0.3 is 15.4 Å². The number of nitrogens with one attached hydrogen (secondary N) is 1. The fourth-order valence-corrected chi connectivity index (χ4v) is 3.02. The van der Waals surface area contributed by atoms with Crippen molar-refractivity contribution in [3.63, 3.8) is 0 Å². The molecule has 0 aliphatic heterocycles. The van der Waals surface area contributed by atoms with E-state index in [1.54, 1.807) is 22.9 Å². The molecule has 3 heterocycles. The van der Waals surface area contributed by atoms with E-state index in [1.807, 2.05) is 16.8 Å². The van der Waals surface area contributed by atoms with Crippen LogP contribution in [0.4, 0.5) is 11.6 Å². The van der Waals surface area contributed by atoms with E-state index in [0.717, 1.165) is 5.56 Å². The first-order valence-electron chi connectivity index (χ1n) is 5.10. The average molecular weight is 280 g/mol. The van der Waals surface area contributed by atoms with E-state index in [2.05, 4.69) is 10.3 Å². The molecule has 0 radical (unpaired) electrons. The fourth-order valence-electron chi connectivity index (χ4n) is 1.65. The Balaban J connectivity index is 1.93. The lowest BCUT2D eigenvalue weighted by Gasteiger charge is -2.01. The second-order valence-electron chi connectivity index (χ2n) is 3.58. The molecule has 0 aliphatic carbocycles. The molecule has 0 aromatic carbocycles. The van der Waals surface area contributed by atoms with E-state index >= 15 is 0 Å². The van der Waals surface area contributed by atoms with Crippen LogP contribution < -0.4 is 5.32 Å². The molecule has 0 aliphatic rings. The van der Waals surface area contributed by atoms with E-state index in [9.17, 15) is 10.1 Å². The number of rotatable bonds is 4. The van der Waals surface area contributed by atoms with Gasteiger partial charge in [0.25, 0.3) is 4.96 Å². The predicted octanol–water partition coefficient (Wildman–Crippen LogP) is 2.98. The molecule has 1 N–H and O–H groups in total. The first kappa shape index (κ1) is 11.2. The highest BCUT2D eigenvalue weighted by molar-refractivity contribution is 7.15. The summed E-state index contributed by atoms with van der Waals surface area (Å²) in [5, 5.41) is 19.8. The van der Waals surface area contributed by atoms with Crippen LogP contribution in [0.3, 0.4) is 0 Å². The molecule has 3 rings (SSSR count). The molecular weight excluding hydrogens is 272 g/mol. The molecular formula is C10H8N4O2S2. The predicted molar refractivity (Wildman–Crippen MR) is 71.4 cm³/mol. The van der Waals surface area contributed by atoms with Gasteiger partial charge in [-0.05, 0) is 27.3 Å². The van der Waals surface area contributed by atoms with E-state index in [1.165, 1.54) is 15.7 Å². The van der Waals surface area contributed by atoms with Gasteiger partial charge in [0.15, 0.2) is 0 Å². The standard InChI is InChI=1S/C10H8N4O2S2/c15-14(16)9-8(11-5-7-1-3-17-6-7)12-10-13(9)2-4-18-10/h1-4,6,11H,5H2. The van der Waals surface area contributed by atoms with Gasteiger partial charge in [-0.15, -0.1) is 0 Å².